The third-order valence-electron chi connectivity index (χ3n) is 3.14. The SMILES string of the molecule is CCC(CC)C(Br)CNC(=O)c1cc([N+](=O)[O-])c[nH]1. The normalized spacial score (nSPS) is 12.4. The Balaban J connectivity index is 2.53. The van der Waals surface area contributed by atoms with Crippen molar-refractivity contribution in [2.75, 3.05) is 6.54 Å². The van der Waals surface area contributed by atoms with Gasteiger partial charge < -0.3 is 10.3 Å². The molecule has 0 aliphatic heterocycles. The van der Waals surface area contributed by atoms with Gasteiger partial charge in [-0.2, -0.15) is 0 Å². The number of carbonyl (C=O) groups is 1. The van der Waals surface area contributed by atoms with Gasteiger partial charge in [-0.1, -0.05) is 42.6 Å². The fraction of sp³-hybridized carbons (Fsp3) is 0.583. The van der Waals surface area contributed by atoms with E-state index in [9.17, 15) is 14.9 Å². The number of amides is 1. The quantitative estimate of drug-likeness (QED) is 0.457. The molecule has 106 valence electrons. The largest absolute Gasteiger partial charge is 0.351 e. The Bertz CT molecular complexity index is 443. The van der Waals surface area contributed by atoms with Crippen LogP contribution in [-0.4, -0.2) is 27.2 Å². The number of halogens is 1. The van der Waals surface area contributed by atoms with E-state index in [1.165, 1.54) is 12.3 Å². The monoisotopic (exact) mass is 331 g/mol. The van der Waals surface area contributed by atoms with E-state index in [4.69, 9.17) is 0 Å². The molecule has 1 heterocycles. The lowest BCUT2D eigenvalue weighted by Gasteiger charge is -2.19. The van der Waals surface area contributed by atoms with Crippen LogP contribution >= 0.6 is 15.9 Å². The zero-order chi connectivity index (χ0) is 14.4. The number of H-pyrrole nitrogens is 1. The molecule has 1 atom stereocenters. The van der Waals surface area contributed by atoms with E-state index in [1.54, 1.807) is 0 Å². The molecule has 0 radical (unpaired) electrons. The van der Waals surface area contributed by atoms with Crippen molar-refractivity contribution in [1.29, 1.82) is 0 Å². The highest BCUT2D eigenvalue weighted by Crippen LogP contribution is 2.19. The number of hydrogen-bond donors (Lipinski definition) is 2. The van der Waals surface area contributed by atoms with E-state index in [0.29, 0.717) is 12.5 Å². The molecular formula is C12H18BrN3O3. The first-order valence-corrected chi connectivity index (χ1v) is 7.16. The van der Waals surface area contributed by atoms with E-state index in [2.05, 4.69) is 40.1 Å². The Labute approximate surface area is 120 Å². The highest BCUT2D eigenvalue weighted by molar-refractivity contribution is 9.09. The van der Waals surface area contributed by atoms with Crippen LogP contribution in [0.5, 0.6) is 0 Å². The molecule has 6 nitrogen and oxygen atoms in total. The first kappa shape index (κ1) is 15.7. The number of nitro groups is 1. The molecule has 1 amide bonds. The van der Waals surface area contributed by atoms with Crippen LogP contribution in [0.15, 0.2) is 12.3 Å². The highest BCUT2D eigenvalue weighted by Gasteiger charge is 2.18. The van der Waals surface area contributed by atoms with Crippen LogP contribution in [0.2, 0.25) is 0 Å². The van der Waals surface area contributed by atoms with Crippen molar-refractivity contribution in [3.63, 3.8) is 0 Å². The zero-order valence-corrected chi connectivity index (χ0v) is 12.6. The summed E-state index contributed by atoms with van der Waals surface area (Å²) in [6.45, 7) is 4.72. The summed E-state index contributed by atoms with van der Waals surface area (Å²) in [6, 6.07) is 1.23. The van der Waals surface area contributed by atoms with E-state index in [1.807, 2.05) is 0 Å². The average molecular weight is 332 g/mol. The number of hydrogen-bond acceptors (Lipinski definition) is 3. The molecule has 0 bridgehead atoms. The highest BCUT2D eigenvalue weighted by atomic mass is 79.9. The second-order valence-electron chi connectivity index (χ2n) is 4.33. The van der Waals surface area contributed by atoms with Gasteiger partial charge in [0.1, 0.15) is 5.69 Å². The summed E-state index contributed by atoms with van der Waals surface area (Å²) >= 11 is 3.56. The van der Waals surface area contributed by atoms with Crippen molar-refractivity contribution in [2.24, 2.45) is 5.92 Å². The second kappa shape index (κ2) is 7.28. The van der Waals surface area contributed by atoms with Gasteiger partial charge in [0.15, 0.2) is 0 Å². The maximum Gasteiger partial charge on any atom is 0.287 e. The Morgan fingerprint density at radius 3 is 2.63 bits per heavy atom. The summed E-state index contributed by atoms with van der Waals surface area (Å²) in [6.07, 6.45) is 3.29. The van der Waals surface area contributed by atoms with Gasteiger partial charge in [-0.3, -0.25) is 14.9 Å². The molecular weight excluding hydrogens is 314 g/mol. The lowest BCUT2D eigenvalue weighted by atomic mass is 9.99. The lowest BCUT2D eigenvalue weighted by Crippen LogP contribution is -2.33. The van der Waals surface area contributed by atoms with Crippen LogP contribution < -0.4 is 5.32 Å². The molecule has 1 aromatic heterocycles. The minimum absolute atomic E-state index is 0.111. The number of rotatable bonds is 7. The summed E-state index contributed by atoms with van der Waals surface area (Å²) in [5.74, 6) is 0.168. The molecule has 2 N–H and O–H groups in total. The van der Waals surface area contributed by atoms with Crippen molar-refractivity contribution in [2.45, 2.75) is 31.5 Å². The molecule has 7 heteroatoms. The predicted octanol–water partition coefficient (Wildman–Crippen LogP) is 2.85. The van der Waals surface area contributed by atoms with E-state index >= 15 is 0 Å². The maximum absolute atomic E-state index is 11.8. The molecule has 0 spiro atoms. The Kier molecular flexibility index (Phi) is 6.01. The third-order valence-corrected chi connectivity index (χ3v) is 4.21. The van der Waals surface area contributed by atoms with E-state index in [-0.39, 0.29) is 22.1 Å². The van der Waals surface area contributed by atoms with Crippen molar-refractivity contribution < 1.29 is 9.72 Å². The number of aromatic amines is 1. The minimum atomic E-state index is -0.537. The standard InChI is InChI=1S/C12H18BrN3O3/c1-3-8(4-2)10(13)7-15-12(17)11-5-9(6-14-11)16(18)19/h5-6,8,10,14H,3-4,7H2,1-2H3,(H,15,17). The number of carbonyl (C=O) groups excluding carboxylic acids is 1. The Morgan fingerprint density at radius 1 is 1.53 bits per heavy atom. The fourth-order valence-corrected chi connectivity index (χ4v) is 2.78. The van der Waals surface area contributed by atoms with Gasteiger partial charge in [-0.05, 0) is 5.92 Å². The van der Waals surface area contributed by atoms with Gasteiger partial charge in [0.05, 0.1) is 11.1 Å². The van der Waals surface area contributed by atoms with Crippen LogP contribution in [0.1, 0.15) is 37.2 Å². The van der Waals surface area contributed by atoms with Crippen LogP contribution in [0, 0.1) is 16.0 Å². The van der Waals surface area contributed by atoms with Gasteiger partial charge in [-0.25, -0.2) is 0 Å². The van der Waals surface area contributed by atoms with Crippen molar-refractivity contribution >= 4 is 27.5 Å². The Hall–Kier alpha value is -1.37. The minimum Gasteiger partial charge on any atom is -0.351 e. The van der Waals surface area contributed by atoms with Crippen LogP contribution in [-0.2, 0) is 0 Å². The summed E-state index contributed by atoms with van der Waals surface area (Å²) in [5.41, 5.74) is 0.0940. The summed E-state index contributed by atoms with van der Waals surface area (Å²) in [4.78, 5) is 24.6. The number of nitrogens with zero attached hydrogens (tertiary/aromatic N) is 1. The molecule has 0 fully saturated rings. The maximum atomic E-state index is 11.8. The van der Waals surface area contributed by atoms with E-state index in [0.717, 1.165) is 12.8 Å². The molecule has 1 aromatic rings. The van der Waals surface area contributed by atoms with Crippen LogP contribution in [0.4, 0.5) is 5.69 Å². The van der Waals surface area contributed by atoms with Crippen molar-refractivity contribution in [1.82, 2.24) is 10.3 Å². The summed E-state index contributed by atoms with van der Waals surface area (Å²) in [7, 11) is 0. The number of nitrogens with one attached hydrogen (secondary N) is 2. The molecule has 0 aliphatic rings. The predicted molar refractivity (Wildman–Crippen MR) is 76.6 cm³/mol. The van der Waals surface area contributed by atoms with Crippen molar-refractivity contribution in [3.05, 3.63) is 28.1 Å². The molecule has 0 aliphatic carbocycles. The van der Waals surface area contributed by atoms with Gasteiger partial charge in [0.2, 0.25) is 0 Å². The first-order valence-electron chi connectivity index (χ1n) is 6.24. The summed E-state index contributed by atoms with van der Waals surface area (Å²) in [5, 5.41) is 13.3. The zero-order valence-electron chi connectivity index (χ0n) is 11.0. The topological polar surface area (TPSA) is 88.0 Å². The third kappa shape index (κ3) is 4.34. The number of alkyl halides is 1. The van der Waals surface area contributed by atoms with Gasteiger partial charge in [0, 0.05) is 17.4 Å². The molecule has 19 heavy (non-hydrogen) atoms. The number of aromatic nitrogens is 1. The summed E-state index contributed by atoms with van der Waals surface area (Å²) < 4.78 is 0. The lowest BCUT2D eigenvalue weighted by molar-refractivity contribution is -0.384. The molecule has 0 saturated heterocycles. The van der Waals surface area contributed by atoms with Gasteiger partial charge in [-0.15, -0.1) is 0 Å². The molecule has 0 aromatic carbocycles. The van der Waals surface area contributed by atoms with Crippen molar-refractivity contribution in [3.8, 4) is 0 Å². The molecule has 0 saturated carbocycles. The Morgan fingerprint density at radius 2 is 2.16 bits per heavy atom. The van der Waals surface area contributed by atoms with Crippen LogP contribution in [0.25, 0.3) is 0 Å². The first-order chi connectivity index (χ1) is 8.99. The average Bonchev–Trinajstić information content (AvgIpc) is 2.87. The fourth-order valence-electron chi connectivity index (χ4n) is 1.87. The van der Waals surface area contributed by atoms with Gasteiger partial charge >= 0.3 is 0 Å². The molecule has 1 rings (SSSR count). The molecule has 1 unspecified atom stereocenters. The van der Waals surface area contributed by atoms with Gasteiger partial charge in [0.25, 0.3) is 11.6 Å². The smallest absolute Gasteiger partial charge is 0.287 e. The van der Waals surface area contributed by atoms with E-state index < -0.39 is 4.92 Å². The van der Waals surface area contributed by atoms with Crippen LogP contribution in [0.3, 0.4) is 0 Å². The second-order valence-corrected chi connectivity index (χ2v) is 5.51.